The third-order valence-electron chi connectivity index (χ3n) is 3.60. The highest BCUT2D eigenvalue weighted by Crippen LogP contribution is 2.35. The van der Waals surface area contributed by atoms with E-state index >= 15 is 0 Å². The Morgan fingerprint density at radius 2 is 2.00 bits per heavy atom. The molecular formula is C16H22N2OS. The van der Waals surface area contributed by atoms with Gasteiger partial charge in [-0.25, -0.2) is 4.98 Å². The van der Waals surface area contributed by atoms with Crippen molar-refractivity contribution < 1.29 is 4.74 Å². The van der Waals surface area contributed by atoms with Gasteiger partial charge in [-0.2, -0.15) is 0 Å². The van der Waals surface area contributed by atoms with Crippen molar-refractivity contribution in [2.24, 2.45) is 0 Å². The number of ether oxygens (including phenoxy) is 1. The summed E-state index contributed by atoms with van der Waals surface area (Å²) in [5.41, 5.74) is 1.12. The SMILES string of the molecule is CC(C)(C)c1nc2c(OC3CCNCC3)cccc2s1. The minimum Gasteiger partial charge on any atom is -0.488 e. The van der Waals surface area contributed by atoms with Crippen LogP contribution in [-0.4, -0.2) is 24.2 Å². The van der Waals surface area contributed by atoms with Crippen LogP contribution in [0.15, 0.2) is 18.2 Å². The molecule has 0 saturated carbocycles. The molecule has 1 N–H and O–H groups in total. The summed E-state index contributed by atoms with van der Waals surface area (Å²) >= 11 is 1.78. The van der Waals surface area contributed by atoms with E-state index in [9.17, 15) is 0 Å². The molecule has 1 aromatic heterocycles. The summed E-state index contributed by atoms with van der Waals surface area (Å²) in [6, 6.07) is 6.26. The number of hydrogen-bond donors (Lipinski definition) is 1. The molecule has 1 aromatic carbocycles. The zero-order chi connectivity index (χ0) is 14.2. The maximum atomic E-state index is 6.20. The fourth-order valence-corrected chi connectivity index (χ4v) is 3.47. The number of fused-ring (bicyclic) bond motifs is 1. The summed E-state index contributed by atoms with van der Waals surface area (Å²) in [6.45, 7) is 8.71. The highest BCUT2D eigenvalue weighted by molar-refractivity contribution is 7.18. The Balaban J connectivity index is 1.92. The molecule has 0 radical (unpaired) electrons. The number of aromatic nitrogens is 1. The molecule has 0 aliphatic carbocycles. The molecule has 3 rings (SSSR count). The van der Waals surface area contributed by atoms with Crippen molar-refractivity contribution >= 4 is 21.6 Å². The van der Waals surface area contributed by atoms with Crippen LogP contribution in [0.3, 0.4) is 0 Å². The molecule has 1 aliphatic heterocycles. The predicted molar refractivity (Wildman–Crippen MR) is 84.8 cm³/mol. The first kappa shape index (κ1) is 13.8. The molecule has 1 fully saturated rings. The highest BCUT2D eigenvalue weighted by atomic mass is 32.1. The van der Waals surface area contributed by atoms with Crippen LogP contribution in [0.1, 0.15) is 38.6 Å². The minimum atomic E-state index is 0.0930. The number of thiazole rings is 1. The number of nitrogens with zero attached hydrogens (tertiary/aromatic N) is 1. The van der Waals surface area contributed by atoms with E-state index in [1.165, 1.54) is 9.71 Å². The van der Waals surface area contributed by atoms with Gasteiger partial charge in [-0.1, -0.05) is 26.8 Å². The Morgan fingerprint density at radius 3 is 2.70 bits per heavy atom. The number of para-hydroxylation sites is 1. The number of benzene rings is 1. The van der Waals surface area contributed by atoms with Gasteiger partial charge in [0.15, 0.2) is 0 Å². The van der Waals surface area contributed by atoms with E-state index in [4.69, 9.17) is 9.72 Å². The number of hydrogen-bond acceptors (Lipinski definition) is 4. The Hall–Kier alpha value is -1.13. The summed E-state index contributed by atoms with van der Waals surface area (Å²) in [6.07, 6.45) is 2.47. The van der Waals surface area contributed by atoms with E-state index in [0.29, 0.717) is 6.10 Å². The molecule has 2 heterocycles. The van der Waals surface area contributed by atoms with E-state index in [1.807, 2.05) is 0 Å². The van der Waals surface area contributed by atoms with Crippen LogP contribution in [0.2, 0.25) is 0 Å². The van der Waals surface area contributed by atoms with Crippen LogP contribution >= 0.6 is 11.3 Å². The van der Waals surface area contributed by atoms with Crippen molar-refractivity contribution in [3.8, 4) is 5.75 Å². The second-order valence-electron chi connectivity index (χ2n) is 6.44. The van der Waals surface area contributed by atoms with Gasteiger partial charge in [0.1, 0.15) is 17.4 Å². The molecule has 0 unspecified atom stereocenters. The summed E-state index contributed by atoms with van der Waals surface area (Å²) in [5, 5.41) is 4.54. The van der Waals surface area contributed by atoms with Crippen LogP contribution < -0.4 is 10.1 Å². The van der Waals surface area contributed by atoms with Crippen molar-refractivity contribution in [2.75, 3.05) is 13.1 Å². The smallest absolute Gasteiger partial charge is 0.146 e. The number of piperidine rings is 1. The summed E-state index contributed by atoms with van der Waals surface area (Å²) in [7, 11) is 0. The largest absolute Gasteiger partial charge is 0.488 e. The van der Waals surface area contributed by atoms with E-state index in [1.54, 1.807) is 11.3 Å². The first-order chi connectivity index (χ1) is 9.54. The van der Waals surface area contributed by atoms with Crippen molar-refractivity contribution in [3.63, 3.8) is 0 Å². The average molecular weight is 290 g/mol. The van der Waals surface area contributed by atoms with Crippen LogP contribution in [-0.2, 0) is 5.41 Å². The second-order valence-corrected chi connectivity index (χ2v) is 7.47. The van der Waals surface area contributed by atoms with Gasteiger partial charge in [0.05, 0.1) is 9.71 Å². The van der Waals surface area contributed by atoms with Crippen LogP contribution in [0, 0.1) is 0 Å². The molecule has 1 saturated heterocycles. The van der Waals surface area contributed by atoms with Crippen LogP contribution in [0.4, 0.5) is 0 Å². The molecule has 2 aromatic rings. The van der Waals surface area contributed by atoms with Crippen molar-refractivity contribution in [3.05, 3.63) is 23.2 Å². The van der Waals surface area contributed by atoms with Gasteiger partial charge in [-0.3, -0.25) is 0 Å². The molecule has 3 nitrogen and oxygen atoms in total. The van der Waals surface area contributed by atoms with Crippen molar-refractivity contribution in [2.45, 2.75) is 45.1 Å². The van der Waals surface area contributed by atoms with Gasteiger partial charge >= 0.3 is 0 Å². The molecule has 1 aliphatic rings. The van der Waals surface area contributed by atoms with Gasteiger partial charge < -0.3 is 10.1 Å². The normalized spacial score (nSPS) is 17.6. The van der Waals surface area contributed by atoms with E-state index < -0.39 is 0 Å². The fourth-order valence-electron chi connectivity index (χ4n) is 2.43. The average Bonchev–Trinajstić information content (AvgIpc) is 2.85. The van der Waals surface area contributed by atoms with E-state index in [0.717, 1.165) is 37.2 Å². The maximum Gasteiger partial charge on any atom is 0.146 e. The summed E-state index contributed by atoms with van der Waals surface area (Å²) < 4.78 is 7.42. The molecule has 0 atom stereocenters. The summed E-state index contributed by atoms with van der Waals surface area (Å²) in [4.78, 5) is 4.83. The number of nitrogens with one attached hydrogen (secondary N) is 1. The first-order valence-electron chi connectivity index (χ1n) is 7.31. The molecular weight excluding hydrogens is 268 g/mol. The first-order valence-corrected chi connectivity index (χ1v) is 8.13. The molecule has 4 heteroatoms. The minimum absolute atomic E-state index is 0.0930. The monoisotopic (exact) mass is 290 g/mol. The Labute approximate surface area is 124 Å². The maximum absolute atomic E-state index is 6.20. The fraction of sp³-hybridized carbons (Fsp3) is 0.562. The number of rotatable bonds is 2. The molecule has 20 heavy (non-hydrogen) atoms. The lowest BCUT2D eigenvalue weighted by Gasteiger charge is -2.23. The van der Waals surface area contributed by atoms with Gasteiger partial charge in [0, 0.05) is 5.41 Å². The van der Waals surface area contributed by atoms with E-state index in [-0.39, 0.29) is 5.41 Å². The standard InChI is InChI=1S/C16H22N2OS/c1-16(2,3)15-18-14-12(5-4-6-13(14)20-15)19-11-7-9-17-10-8-11/h4-6,11,17H,7-10H2,1-3H3. The predicted octanol–water partition coefficient (Wildman–Crippen LogP) is 3.72. The lowest BCUT2D eigenvalue weighted by molar-refractivity contribution is 0.164. The van der Waals surface area contributed by atoms with Gasteiger partial charge in [0.2, 0.25) is 0 Å². The zero-order valence-electron chi connectivity index (χ0n) is 12.4. The lowest BCUT2D eigenvalue weighted by atomic mass is 9.98. The molecule has 0 bridgehead atoms. The topological polar surface area (TPSA) is 34.1 Å². The second kappa shape index (κ2) is 5.34. The van der Waals surface area contributed by atoms with Crippen molar-refractivity contribution in [1.29, 1.82) is 0 Å². The molecule has 0 spiro atoms. The van der Waals surface area contributed by atoms with Gasteiger partial charge in [-0.15, -0.1) is 11.3 Å². The van der Waals surface area contributed by atoms with E-state index in [2.05, 4.69) is 44.3 Å². The van der Waals surface area contributed by atoms with Crippen LogP contribution in [0.25, 0.3) is 10.2 Å². The Kier molecular flexibility index (Phi) is 3.69. The zero-order valence-corrected chi connectivity index (χ0v) is 13.2. The lowest BCUT2D eigenvalue weighted by Crippen LogP contribution is -2.34. The van der Waals surface area contributed by atoms with Crippen LogP contribution in [0.5, 0.6) is 5.75 Å². The summed E-state index contributed by atoms with van der Waals surface area (Å²) in [5.74, 6) is 0.946. The van der Waals surface area contributed by atoms with Crippen molar-refractivity contribution in [1.82, 2.24) is 10.3 Å². The molecule has 0 amide bonds. The highest BCUT2D eigenvalue weighted by Gasteiger charge is 2.21. The van der Waals surface area contributed by atoms with Gasteiger partial charge in [0.25, 0.3) is 0 Å². The Morgan fingerprint density at radius 1 is 1.25 bits per heavy atom. The Bertz CT molecular complexity index is 594. The van der Waals surface area contributed by atoms with Gasteiger partial charge in [-0.05, 0) is 38.1 Å². The quantitative estimate of drug-likeness (QED) is 0.915. The third kappa shape index (κ3) is 2.81. The third-order valence-corrected chi connectivity index (χ3v) is 5.05. The molecule has 108 valence electrons.